The summed E-state index contributed by atoms with van der Waals surface area (Å²) in [6, 6.07) is 12.7. The minimum absolute atomic E-state index is 0.0854. The topological polar surface area (TPSA) is 115 Å². The third-order valence-electron chi connectivity index (χ3n) is 5.12. The monoisotopic (exact) mass is 414 g/mol. The number of aliphatic imine (C=N–C) groups is 2. The predicted octanol–water partition coefficient (Wildman–Crippen LogP) is 3.43. The molecule has 0 spiro atoms. The molecule has 0 bridgehead atoms. The molecule has 1 aromatic carbocycles. The van der Waals surface area contributed by atoms with Crippen LogP contribution in [0.25, 0.3) is 11.3 Å². The molecule has 3 heterocycles. The number of hydrogen-bond donors (Lipinski definition) is 1. The van der Waals surface area contributed by atoms with Crippen LogP contribution in [0.3, 0.4) is 0 Å². The van der Waals surface area contributed by atoms with Gasteiger partial charge in [0, 0.05) is 23.6 Å². The van der Waals surface area contributed by atoms with Gasteiger partial charge in [-0.25, -0.2) is 4.99 Å². The van der Waals surface area contributed by atoms with Crippen molar-refractivity contribution in [1.29, 1.82) is 0 Å². The second-order valence-electron chi connectivity index (χ2n) is 7.43. The Labute approximate surface area is 177 Å². The molecule has 0 unspecified atom stereocenters. The fourth-order valence-corrected chi connectivity index (χ4v) is 3.17. The molecule has 0 radical (unpaired) electrons. The van der Waals surface area contributed by atoms with Gasteiger partial charge in [-0.1, -0.05) is 42.1 Å². The first-order valence-corrected chi connectivity index (χ1v) is 9.81. The summed E-state index contributed by atoms with van der Waals surface area (Å²) in [4.78, 5) is 33.2. The summed E-state index contributed by atoms with van der Waals surface area (Å²) in [5.41, 5.74) is 2.44. The molecule has 1 N–H and O–H groups in total. The number of benzene rings is 1. The SMILES string of the molecule is C=C1C(=O)N=C(n2nc(C3CC3)cc2NC(=O)c2cc(-c3ccccc3)on2)N=C1C. The third-order valence-corrected chi connectivity index (χ3v) is 5.12. The number of aromatic nitrogens is 3. The molecule has 9 heteroatoms. The lowest BCUT2D eigenvalue weighted by Crippen LogP contribution is -2.25. The fourth-order valence-electron chi connectivity index (χ4n) is 3.17. The van der Waals surface area contributed by atoms with E-state index in [0.29, 0.717) is 23.2 Å². The van der Waals surface area contributed by atoms with Crippen molar-refractivity contribution in [2.24, 2.45) is 9.98 Å². The number of anilines is 1. The van der Waals surface area contributed by atoms with Gasteiger partial charge in [-0.05, 0) is 19.8 Å². The molecule has 1 saturated carbocycles. The molecular weight excluding hydrogens is 396 g/mol. The zero-order chi connectivity index (χ0) is 21.5. The van der Waals surface area contributed by atoms with Crippen LogP contribution in [0.4, 0.5) is 5.82 Å². The molecular formula is C22H18N6O3. The Morgan fingerprint density at radius 3 is 2.68 bits per heavy atom. The molecule has 1 fully saturated rings. The van der Waals surface area contributed by atoms with Crippen molar-refractivity contribution < 1.29 is 14.1 Å². The van der Waals surface area contributed by atoms with Gasteiger partial charge in [0.05, 0.1) is 17.0 Å². The smallest absolute Gasteiger partial charge is 0.281 e. The second kappa shape index (κ2) is 7.28. The molecule has 9 nitrogen and oxygen atoms in total. The fraction of sp³-hybridized carbons (Fsp3) is 0.182. The minimum Gasteiger partial charge on any atom is -0.355 e. The lowest BCUT2D eigenvalue weighted by atomic mass is 10.1. The van der Waals surface area contributed by atoms with Crippen molar-refractivity contribution in [3.8, 4) is 11.3 Å². The van der Waals surface area contributed by atoms with Crippen LogP contribution in [0.5, 0.6) is 0 Å². The van der Waals surface area contributed by atoms with Gasteiger partial charge >= 0.3 is 0 Å². The summed E-state index contributed by atoms with van der Waals surface area (Å²) in [6.07, 6.45) is 2.05. The summed E-state index contributed by atoms with van der Waals surface area (Å²) in [7, 11) is 0. The molecule has 1 aliphatic heterocycles. The molecule has 5 rings (SSSR count). The Morgan fingerprint density at radius 2 is 1.97 bits per heavy atom. The molecule has 31 heavy (non-hydrogen) atoms. The maximum atomic E-state index is 12.8. The van der Waals surface area contributed by atoms with Crippen molar-refractivity contribution in [2.45, 2.75) is 25.7 Å². The maximum Gasteiger partial charge on any atom is 0.281 e. The van der Waals surface area contributed by atoms with E-state index >= 15 is 0 Å². The normalized spacial score (nSPS) is 16.2. The number of amides is 2. The highest BCUT2D eigenvalue weighted by Gasteiger charge is 2.30. The number of carbonyl (C=O) groups excluding carboxylic acids is 2. The van der Waals surface area contributed by atoms with Crippen LogP contribution in [0.2, 0.25) is 0 Å². The van der Waals surface area contributed by atoms with Crippen molar-refractivity contribution in [3.05, 3.63) is 66.0 Å². The molecule has 0 atom stereocenters. The van der Waals surface area contributed by atoms with Crippen LogP contribution < -0.4 is 5.32 Å². The van der Waals surface area contributed by atoms with Gasteiger partial charge in [0.2, 0.25) is 0 Å². The Morgan fingerprint density at radius 1 is 1.19 bits per heavy atom. The van der Waals surface area contributed by atoms with Crippen molar-refractivity contribution in [1.82, 2.24) is 14.9 Å². The van der Waals surface area contributed by atoms with Gasteiger partial charge in [0.1, 0.15) is 5.82 Å². The maximum absolute atomic E-state index is 12.8. The lowest BCUT2D eigenvalue weighted by molar-refractivity contribution is -0.113. The summed E-state index contributed by atoms with van der Waals surface area (Å²) in [5, 5.41) is 11.2. The van der Waals surface area contributed by atoms with Crippen LogP contribution in [-0.2, 0) is 4.79 Å². The van der Waals surface area contributed by atoms with Gasteiger partial charge in [-0.2, -0.15) is 14.8 Å². The highest BCUT2D eigenvalue weighted by atomic mass is 16.5. The van der Waals surface area contributed by atoms with E-state index in [4.69, 9.17) is 4.52 Å². The Hall–Kier alpha value is -4.14. The Balaban J connectivity index is 1.45. The largest absolute Gasteiger partial charge is 0.355 e. The zero-order valence-corrected chi connectivity index (χ0v) is 16.7. The summed E-state index contributed by atoms with van der Waals surface area (Å²) in [6.45, 7) is 5.36. The van der Waals surface area contributed by atoms with E-state index < -0.39 is 11.8 Å². The predicted molar refractivity (Wildman–Crippen MR) is 114 cm³/mol. The number of rotatable bonds is 4. The van der Waals surface area contributed by atoms with Crippen LogP contribution in [0, 0.1) is 0 Å². The summed E-state index contributed by atoms with van der Waals surface area (Å²) >= 11 is 0. The van der Waals surface area contributed by atoms with Crippen molar-refractivity contribution in [2.75, 3.05) is 5.32 Å². The number of carbonyl (C=O) groups is 2. The van der Waals surface area contributed by atoms with E-state index in [-0.39, 0.29) is 17.2 Å². The van der Waals surface area contributed by atoms with Gasteiger partial charge in [0.15, 0.2) is 11.5 Å². The first kappa shape index (κ1) is 18.9. The van der Waals surface area contributed by atoms with Crippen molar-refractivity contribution >= 4 is 29.3 Å². The van der Waals surface area contributed by atoms with Gasteiger partial charge < -0.3 is 9.84 Å². The Bertz CT molecular complexity index is 1280. The molecule has 0 saturated heterocycles. The molecule has 2 aromatic heterocycles. The van der Waals surface area contributed by atoms with Crippen LogP contribution in [-0.4, -0.2) is 38.4 Å². The molecule has 3 aromatic rings. The average molecular weight is 414 g/mol. The van der Waals surface area contributed by atoms with Crippen LogP contribution in [0.15, 0.2) is 69.1 Å². The molecule has 1 aliphatic carbocycles. The first-order valence-electron chi connectivity index (χ1n) is 9.81. The minimum atomic E-state index is -0.479. The van der Waals surface area contributed by atoms with Crippen LogP contribution >= 0.6 is 0 Å². The third kappa shape index (κ3) is 3.61. The number of nitrogens with zero attached hydrogens (tertiary/aromatic N) is 5. The van der Waals surface area contributed by atoms with Crippen LogP contribution in [0.1, 0.15) is 41.9 Å². The number of hydrogen-bond acceptors (Lipinski definition) is 6. The first-order chi connectivity index (χ1) is 15.0. The summed E-state index contributed by atoms with van der Waals surface area (Å²) < 4.78 is 6.69. The van der Waals surface area contributed by atoms with Gasteiger partial charge in [-0.3, -0.25) is 9.59 Å². The van der Waals surface area contributed by atoms with E-state index in [2.05, 4.69) is 32.1 Å². The standard InChI is InChI=1S/C22H18N6O3/c1-12-13(2)23-22(25-20(12)29)28-19(11-16(26-28)14-8-9-14)24-21(30)17-10-18(31-27-17)15-6-4-3-5-7-15/h3-7,10-11,14H,1,8-9H2,2H3,(H,24,30). The molecule has 154 valence electrons. The quantitative estimate of drug-likeness (QED) is 0.657. The van der Waals surface area contributed by atoms with Gasteiger partial charge in [0.25, 0.3) is 17.8 Å². The van der Waals surface area contributed by atoms with E-state index in [1.807, 2.05) is 30.3 Å². The summed E-state index contributed by atoms with van der Waals surface area (Å²) in [5.74, 6) is 0.302. The van der Waals surface area contributed by atoms with E-state index in [9.17, 15) is 9.59 Å². The molecule has 2 aliphatic rings. The zero-order valence-electron chi connectivity index (χ0n) is 16.7. The van der Waals surface area contributed by atoms with E-state index in [1.54, 1.807) is 19.1 Å². The molecule has 2 amide bonds. The van der Waals surface area contributed by atoms with Gasteiger partial charge in [-0.15, -0.1) is 0 Å². The van der Waals surface area contributed by atoms with E-state index in [1.165, 1.54) is 4.68 Å². The van der Waals surface area contributed by atoms with Crippen molar-refractivity contribution in [3.63, 3.8) is 0 Å². The lowest BCUT2D eigenvalue weighted by Gasteiger charge is -2.12. The average Bonchev–Trinajstić information content (AvgIpc) is 3.34. The number of nitrogens with one attached hydrogen (secondary N) is 1. The van der Waals surface area contributed by atoms with E-state index in [0.717, 1.165) is 24.1 Å². The highest BCUT2D eigenvalue weighted by Crippen LogP contribution is 2.40. The second-order valence-corrected chi connectivity index (χ2v) is 7.43. The Kier molecular flexibility index (Phi) is 4.43. The highest BCUT2D eigenvalue weighted by molar-refractivity contribution is 6.28.